The lowest BCUT2D eigenvalue weighted by Crippen LogP contribution is -2.37. The number of thioether (sulfide) groups is 1. The van der Waals surface area contributed by atoms with Gasteiger partial charge in [0.25, 0.3) is 11.1 Å². The number of amides is 3. The van der Waals surface area contributed by atoms with Crippen molar-refractivity contribution in [3.63, 3.8) is 0 Å². The highest BCUT2D eigenvalue weighted by molar-refractivity contribution is 8.18. The van der Waals surface area contributed by atoms with Gasteiger partial charge in [-0.05, 0) is 53.5 Å². The summed E-state index contributed by atoms with van der Waals surface area (Å²) in [5.74, 6) is 0.840. The van der Waals surface area contributed by atoms with Crippen molar-refractivity contribution in [1.29, 1.82) is 0 Å². The van der Waals surface area contributed by atoms with E-state index in [4.69, 9.17) is 9.47 Å². The number of carbonyl (C=O) groups is 3. The second-order valence-corrected chi connectivity index (χ2v) is 7.95. The largest absolute Gasteiger partial charge is 0.497 e. The number of nitrogens with zero attached hydrogens (tertiary/aromatic N) is 1. The molecule has 1 saturated heterocycles. The van der Waals surface area contributed by atoms with Gasteiger partial charge in [-0.2, -0.15) is 0 Å². The molecule has 3 rings (SSSR count). The van der Waals surface area contributed by atoms with Crippen LogP contribution in [0, 0.1) is 0 Å². The van der Waals surface area contributed by atoms with Crippen molar-refractivity contribution in [3.8, 4) is 11.5 Å². The van der Waals surface area contributed by atoms with E-state index < -0.39 is 0 Å². The third kappa shape index (κ3) is 5.85. The first-order valence-corrected chi connectivity index (χ1v) is 10.6. The summed E-state index contributed by atoms with van der Waals surface area (Å²) in [6, 6.07) is 10.8. The Morgan fingerprint density at radius 1 is 1.17 bits per heavy atom. The van der Waals surface area contributed by atoms with Gasteiger partial charge in [0.05, 0.1) is 25.0 Å². The fraction of sp³-hybridized carbons (Fsp3) is 0.250. The van der Waals surface area contributed by atoms with E-state index in [1.165, 1.54) is 11.3 Å². The molecule has 1 N–H and O–H groups in total. The van der Waals surface area contributed by atoms with Crippen LogP contribution in [-0.4, -0.2) is 48.8 Å². The van der Waals surface area contributed by atoms with Gasteiger partial charge in [0.15, 0.2) is 0 Å². The summed E-state index contributed by atoms with van der Waals surface area (Å²) >= 11 is 2.41. The van der Waals surface area contributed by atoms with Gasteiger partial charge in [-0.15, -0.1) is 11.3 Å². The van der Waals surface area contributed by atoms with Crippen molar-refractivity contribution in [2.24, 2.45) is 0 Å². The molecule has 1 aromatic carbocycles. The van der Waals surface area contributed by atoms with Gasteiger partial charge in [0.2, 0.25) is 5.91 Å². The third-order valence-corrected chi connectivity index (χ3v) is 5.73. The molecule has 0 saturated carbocycles. The minimum atomic E-state index is -0.328. The normalized spacial score (nSPS) is 15.1. The van der Waals surface area contributed by atoms with Crippen LogP contribution in [0.4, 0.5) is 4.79 Å². The highest BCUT2D eigenvalue weighted by atomic mass is 32.2. The molecule has 152 valence electrons. The van der Waals surface area contributed by atoms with Crippen LogP contribution in [0.15, 0.2) is 46.7 Å². The minimum Gasteiger partial charge on any atom is -0.497 e. The van der Waals surface area contributed by atoms with E-state index in [1.54, 1.807) is 37.5 Å². The molecule has 2 heterocycles. The lowest BCUT2D eigenvalue weighted by atomic mass is 10.3. The topological polar surface area (TPSA) is 84.9 Å². The van der Waals surface area contributed by atoms with Gasteiger partial charge in [-0.25, -0.2) is 0 Å². The van der Waals surface area contributed by atoms with Crippen LogP contribution in [0.2, 0.25) is 0 Å². The maximum Gasteiger partial charge on any atom is 0.293 e. The number of nitrogens with one attached hydrogen (secondary N) is 1. The van der Waals surface area contributed by atoms with Crippen LogP contribution in [0.3, 0.4) is 0 Å². The highest BCUT2D eigenvalue weighted by Crippen LogP contribution is 2.32. The van der Waals surface area contributed by atoms with Gasteiger partial charge >= 0.3 is 0 Å². The number of methoxy groups -OCH3 is 1. The van der Waals surface area contributed by atoms with Crippen LogP contribution in [0.25, 0.3) is 6.08 Å². The predicted molar refractivity (Wildman–Crippen MR) is 113 cm³/mol. The molecule has 1 fully saturated rings. The van der Waals surface area contributed by atoms with E-state index in [0.717, 1.165) is 27.3 Å². The first kappa shape index (κ1) is 20.9. The van der Waals surface area contributed by atoms with E-state index >= 15 is 0 Å². The lowest BCUT2D eigenvalue weighted by molar-refractivity contribution is -0.124. The number of benzene rings is 1. The van der Waals surface area contributed by atoms with Crippen molar-refractivity contribution in [2.45, 2.75) is 6.42 Å². The van der Waals surface area contributed by atoms with Crippen LogP contribution >= 0.6 is 23.1 Å². The van der Waals surface area contributed by atoms with E-state index in [0.29, 0.717) is 10.7 Å². The summed E-state index contributed by atoms with van der Waals surface area (Å²) in [5, 5.41) is 4.29. The zero-order valence-electron chi connectivity index (χ0n) is 15.8. The Morgan fingerprint density at radius 2 is 1.93 bits per heavy atom. The molecule has 0 atom stereocenters. The van der Waals surface area contributed by atoms with E-state index in [2.05, 4.69) is 5.32 Å². The van der Waals surface area contributed by atoms with Crippen molar-refractivity contribution >= 4 is 46.2 Å². The zero-order valence-corrected chi connectivity index (χ0v) is 17.4. The summed E-state index contributed by atoms with van der Waals surface area (Å²) < 4.78 is 10.6. The maximum absolute atomic E-state index is 12.4. The average molecular weight is 433 g/mol. The van der Waals surface area contributed by atoms with Crippen molar-refractivity contribution in [3.05, 3.63) is 51.6 Å². The molecule has 3 amide bonds. The van der Waals surface area contributed by atoms with Gasteiger partial charge in [-0.3, -0.25) is 19.3 Å². The van der Waals surface area contributed by atoms with Crippen molar-refractivity contribution in [2.75, 3.05) is 26.8 Å². The first-order valence-electron chi connectivity index (χ1n) is 8.89. The minimum absolute atomic E-state index is 0.136. The van der Waals surface area contributed by atoms with Crippen LogP contribution < -0.4 is 14.8 Å². The van der Waals surface area contributed by atoms with Crippen LogP contribution in [0.5, 0.6) is 11.5 Å². The number of carbonyl (C=O) groups excluding carboxylic acids is 3. The molecular formula is C20H20N2O5S2. The molecule has 0 unspecified atom stereocenters. The van der Waals surface area contributed by atoms with Crippen molar-refractivity contribution in [1.82, 2.24) is 10.2 Å². The Labute approximate surface area is 176 Å². The molecule has 7 nitrogen and oxygen atoms in total. The predicted octanol–water partition coefficient (Wildman–Crippen LogP) is 3.38. The van der Waals surface area contributed by atoms with Gasteiger partial charge in [0, 0.05) is 18.0 Å². The quantitative estimate of drug-likeness (QED) is 0.612. The van der Waals surface area contributed by atoms with Gasteiger partial charge in [0.1, 0.15) is 11.5 Å². The Hall–Kier alpha value is -2.78. The Bertz CT molecular complexity index is 894. The van der Waals surface area contributed by atoms with Crippen LogP contribution in [0.1, 0.15) is 11.3 Å². The molecule has 1 aliphatic rings. The fourth-order valence-corrected chi connectivity index (χ4v) is 4.11. The summed E-state index contributed by atoms with van der Waals surface area (Å²) in [6.45, 7) is 0.562. The number of imide groups is 1. The molecule has 0 radical (unpaired) electrons. The molecule has 1 aliphatic heterocycles. The molecule has 0 bridgehead atoms. The number of ether oxygens (including phenoxy) is 2. The van der Waals surface area contributed by atoms with Crippen LogP contribution in [-0.2, 0) is 9.59 Å². The molecule has 1 aromatic heterocycles. The maximum atomic E-state index is 12.4. The number of thiophene rings is 1. The zero-order chi connectivity index (χ0) is 20.6. The second kappa shape index (κ2) is 10.1. The standard InChI is InChI=1S/C20H20N2O5S2/c1-26-14-4-6-15(7-5-14)27-11-8-18(23)21-9-10-22-19(24)17(29-20(22)25)13-16-3-2-12-28-16/h2-7,12-13H,8-11H2,1H3,(H,21,23)/b17-13-. The average Bonchev–Trinajstić information content (AvgIpc) is 3.32. The second-order valence-electron chi connectivity index (χ2n) is 5.97. The molecular weight excluding hydrogens is 412 g/mol. The first-order chi connectivity index (χ1) is 14.1. The van der Waals surface area contributed by atoms with E-state index in [-0.39, 0.29) is 43.2 Å². The molecule has 0 spiro atoms. The number of rotatable bonds is 9. The smallest absolute Gasteiger partial charge is 0.293 e. The van der Waals surface area contributed by atoms with Crippen molar-refractivity contribution < 1.29 is 23.9 Å². The fourth-order valence-electron chi connectivity index (χ4n) is 2.52. The van der Waals surface area contributed by atoms with E-state index in [1.807, 2.05) is 17.5 Å². The Balaban J connectivity index is 1.38. The Kier molecular flexibility index (Phi) is 7.31. The highest BCUT2D eigenvalue weighted by Gasteiger charge is 2.34. The third-order valence-electron chi connectivity index (χ3n) is 4.00. The SMILES string of the molecule is COc1ccc(OCCC(=O)NCCN2C(=O)S/C(=C\c3cccs3)C2=O)cc1. The number of hydrogen-bond acceptors (Lipinski definition) is 7. The summed E-state index contributed by atoms with van der Waals surface area (Å²) in [6.07, 6.45) is 1.89. The van der Waals surface area contributed by atoms with Gasteiger partial charge < -0.3 is 14.8 Å². The Morgan fingerprint density at radius 3 is 2.62 bits per heavy atom. The lowest BCUT2D eigenvalue weighted by Gasteiger charge is -2.13. The van der Waals surface area contributed by atoms with E-state index in [9.17, 15) is 14.4 Å². The number of hydrogen-bond donors (Lipinski definition) is 1. The monoisotopic (exact) mass is 432 g/mol. The summed E-state index contributed by atoms with van der Waals surface area (Å²) in [4.78, 5) is 38.8. The molecule has 29 heavy (non-hydrogen) atoms. The molecule has 9 heteroatoms. The summed E-state index contributed by atoms with van der Waals surface area (Å²) in [7, 11) is 1.59. The summed E-state index contributed by atoms with van der Waals surface area (Å²) in [5.41, 5.74) is 0. The molecule has 0 aliphatic carbocycles. The molecule has 2 aromatic rings. The van der Waals surface area contributed by atoms with Gasteiger partial charge in [-0.1, -0.05) is 6.07 Å².